The van der Waals surface area contributed by atoms with E-state index in [1.54, 1.807) is 0 Å². The number of hydrogen-bond donors (Lipinski definition) is 2. The molecule has 0 radical (unpaired) electrons. The molecule has 1 saturated heterocycles. The summed E-state index contributed by atoms with van der Waals surface area (Å²) in [6, 6.07) is 0. The Labute approximate surface area is 142 Å². The average Bonchev–Trinajstić information content (AvgIpc) is 3.11. The number of carbonyl (C=O) groups excluding carboxylic acids is 4. The number of allylic oxidation sites excluding steroid dienone is 3. The average molecular weight is 355 g/mol. The molecule has 0 spiro atoms. The van der Waals surface area contributed by atoms with E-state index >= 15 is 0 Å². The Morgan fingerprint density at radius 2 is 2.04 bits per heavy atom. The number of thioether (sulfide) groups is 2. The molecule has 0 aromatic rings. The van der Waals surface area contributed by atoms with Crippen LogP contribution < -0.4 is 10.6 Å². The molecule has 0 saturated carbocycles. The maximum absolute atomic E-state index is 11.6. The van der Waals surface area contributed by atoms with Gasteiger partial charge < -0.3 is 10.6 Å². The Balaban J connectivity index is 1.54. The van der Waals surface area contributed by atoms with Gasteiger partial charge in [-0.15, -0.1) is 11.8 Å². The zero-order valence-electron chi connectivity index (χ0n) is 12.4. The number of nitrogens with one attached hydrogen (secondary N) is 2. The third-order valence-corrected chi connectivity index (χ3v) is 4.83. The lowest BCUT2D eigenvalue weighted by Gasteiger charge is -2.13. The first-order chi connectivity index (χ1) is 11.1. The van der Waals surface area contributed by atoms with E-state index in [1.165, 1.54) is 11.8 Å². The lowest BCUT2D eigenvalue weighted by Crippen LogP contribution is -2.38. The molecule has 2 rings (SSSR count). The normalized spacial score (nSPS) is 16.7. The van der Waals surface area contributed by atoms with Gasteiger partial charge in [-0.05, 0) is 6.08 Å². The summed E-state index contributed by atoms with van der Waals surface area (Å²) in [6.07, 6.45) is 6.40. The minimum atomic E-state index is -0.272. The fourth-order valence-electron chi connectivity index (χ4n) is 1.95. The molecular formula is C14H17N3O4S2. The largest absolute Gasteiger partial charge is 0.354 e. The van der Waals surface area contributed by atoms with Crippen molar-refractivity contribution in [1.82, 2.24) is 15.5 Å². The van der Waals surface area contributed by atoms with Crippen LogP contribution in [0.15, 0.2) is 23.9 Å². The maximum atomic E-state index is 11.6. The molecule has 4 amide bonds. The Bertz CT molecular complexity index is 558. The molecule has 9 heteroatoms. The second-order valence-corrected chi connectivity index (χ2v) is 6.73. The van der Waals surface area contributed by atoms with Gasteiger partial charge in [0.15, 0.2) is 0 Å². The Kier molecular flexibility index (Phi) is 6.72. The Hall–Kier alpha value is -1.74. The summed E-state index contributed by atoms with van der Waals surface area (Å²) in [5, 5.41) is 5.12. The topological polar surface area (TPSA) is 95.6 Å². The third kappa shape index (κ3) is 5.76. The van der Waals surface area contributed by atoms with Crippen LogP contribution in [0, 0.1) is 0 Å². The van der Waals surface area contributed by atoms with Gasteiger partial charge in [0.05, 0.1) is 17.3 Å². The van der Waals surface area contributed by atoms with Crippen molar-refractivity contribution in [1.29, 1.82) is 0 Å². The zero-order chi connectivity index (χ0) is 16.7. The van der Waals surface area contributed by atoms with Gasteiger partial charge in [-0.2, -0.15) is 0 Å². The quantitative estimate of drug-likeness (QED) is 0.658. The molecule has 1 aliphatic carbocycles. The minimum Gasteiger partial charge on any atom is -0.354 e. The van der Waals surface area contributed by atoms with Crippen LogP contribution in [-0.2, 0) is 14.4 Å². The lowest BCUT2D eigenvalue weighted by atomic mass is 10.4. The predicted octanol–water partition coefficient (Wildman–Crippen LogP) is 0.491. The van der Waals surface area contributed by atoms with Crippen LogP contribution in [0.4, 0.5) is 4.79 Å². The summed E-state index contributed by atoms with van der Waals surface area (Å²) in [4.78, 5) is 47.1. The molecule has 2 N–H and O–H groups in total. The van der Waals surface area contributed by atoms with Crippen molar-refractivity contribution in [2.24, 2.45) is 0 Å². The van der Waals surface area contributed by atoms with Gasteiger partial charge in [0.2, 0.25) is 17.7 Å². The van der Waals surface area contributed by atoms with E-state index < -0.39 is 0 Å². The fourth-order valence-corrected chi connectivity index (χ4v) is 3.35. The van der Waals surface area contributed by atoms with Crippen LogP contribution in [0.3, 0.4) is 0 Å². The van der Waals surface area contributed by atoms with Crippen LogP contribution in [0.1, 0.15) is 6.42 Å². The van der Waals surface area contributed by atoms with E-state index in [0.717, 1.165) is 28.8 Å². The standard InChI is InChI=1S/C14H17N3O4S2/c18-11(15-5-6-17-13(20)9-23-14(17)21)7-22-8-12(19)16-10-3-1-2-4-10/h1-3H,4-9H2,(H,15,18)(H,16,19). The lowest BCUT2D eigenvalue weighted by molar-refractivity contribution is -0.125. The van der Waals surface area contributed by atoms with Crippen molar-refractivity contribution < 1.29 is 19.2 Å². The van der Waals surface area contributed by atoms with Gasteiger partial charge in [0, 0.05) is 25.2 Å². The molecule has 124 valence electrons. The molecular weight excluding hydrogens is 338 g/mol. The number of nitrogens with zero attached hydrogens (tertiary/aromatic N) is 1. The smallest absolute Gasteiger partial charge is 0.288 e. The van der Waals surface area contributed by atoms with Gasteiger partial charge in [-0.3, -0.25) is 24.1 Å². The first-order valence-corrected chi connectivity index (χ1v) is 9.17. The number of carbonyl (C=O) groups is 4. The van der Waals surface area contributed by atoms with Gasteiger partial charge in [0.25, 0.3) is 5.24 Å². The molecule has 1 fully saturated rings. The van der Waals surface area contributed by atoms with Crippen molar-refractivity contribution in [3.05, 3.63) is 23.9 Å². The molecule has 0 unspecified atom stereocenters. The minimum absolute atomic E-state index is 0.136. The highest BCUT2D eigenvalue weighted by atomic mass is 32.2. The van der Waals surface area contributed by atoms with Crippen LogP contribution in [0.2, 0.25) is 0 Å². The highest BCUT2D eigenvalue weighted by Crippen LogP contribution is 2.17. The molecule has 0 aromatic heterocycles. The summed E-state index contributed by atoms with van der Waals surface area (Å²) in [6.45, 7) is 0.408. The van der Waals surface area contributed by atoms with Crippen molar-refractivity contribution in [3.63, 3.8) is 0 Å². The van der Waals surface area contributed by atoms with Crippen LogP contribution in [0.25, 0.3) is 0 Å². The summed E-state index contributed by atoms with van der Waals surface area (Å²) in [5.41, 5.74) is 0.859. The Morgan fingerprint density at radius 3 is 2.70 bits per heavy atom. The van der Waals surface area contributed by atoms with Crippen LogP contribution in [-0.4, -0.2) is 58.2 Å². The van der Waals surface area contributed by atoms with E-state index in [2.05, 4.69) is 10.6 Å². The van der Waals surface area contributed by atoms with Crippen molar-refractivity contribution >= 4 is 46.5 Å². The summed E-state index contributed by atoms with van der Waals surface area (Å²) >= 11 is 2.18. The van der Waals surface area contributed by atoms with E-state index in [9.17, 15) is 19.2 Å². The van der Waals surface area contributed by atoms with E-state index in [1.807, 2.05) is 18.2 Å². The molecule has 0 atom stereocenters. The second-order valence-electron chi connectivity index (χ2n) is 4.82. The van der Waals surface area contributed by atoms with E-state index in [-0.39, 0.29) is 53.3 Å². The number of amides is 4. The molecule has 7 nitrogen and oxygen atoms in total. The number of hydrogen-bond acceptors (Lipinski definition) is 6. The number of rotatable bonds is 8. The van der Waals surface area contributed by atoms with Crippen LogP contribution in [0.5, 0.6) is 0 Å². The van der Waals surface area contributed by atoms with Gasteiger partial charge in [-0.1, -0.05) is 23.9 Å². The van der Waals surface area contributed by atoms with Gasteiger partial charge >= 0.3 is 0 Å². The molecule has 1 aliphatic heterocycles. The molecule has 0 aromatic carbocycles. The second kappa shape index (κ2) is 8.78. The van der Waals surface area contributed by atoms with Crippen molar-refractivity contribution in [3.8, 4) is 0 Å². The first-order valence-electron chi connectivity index (χ1n) is 7.03. The van der Waals surface area contributed by atoms with Gasteiger partial charge in [-0.25, -0.2) is 0 Å². The zero-order valence-corrected chi connectivity index (χ0v) is 14.0. The van der Waals surface area contributed by atoms with Crippen molar-refractivity contribution in [2.75, 3.05) is 30.3 Å². The van der Waals surface area contributed by atoms with Crippen LogP contribution >= 0.6 is 23.5 Å². The third-order valence-electron chi connectivity index (χ3n) is 3.04. The van der Waals surface area contributed by atoms with Gasteiger partial charge in [0.1, 0.15) is 0 Å². The van der Waals surface area contributed by atoms with E-state index in [4.69, 9.17) is 0 Å². The maximum Gasteiger partial charge on any atom is 0.288 e. The first kappa shape index (κ1) is 17.6. The highest BCUT2D eigenvalue weighted by Gasteiger charge is 2.29. The fraction of sp³-hybridized carbons (Fsp3) is 0.429. The highest BCUT2D eigenvalue weighted by molar-refractivity contribution is 8.14. The molecule has 23 heavy (non-hydrogen) atoms. The molecule has 1 heterocycles. The van der Waals surface area contributed by atoms with Crippen molar-refractivity contribution in [2.45, 2.75) is 6.42 Å². The molecule has 0 bridgehead atoms. The summed E-state index contributed by atoms with van der Waals surface area (Å²) in [7, 11) is 0. The summed E-state index contributed by atoms with van der Waals surface area (Å²) in [5.74, 6) is -0.0643. The number of imide groups is 1. The monoisotopic (exact) mass is 355 g/mol. The summed E-state index contributed by atoms with van der Waals surface area (Å²) < 4.78 is 0. The van der Waals surface area contributed by atoms with E-state index in [0.29, 0.717) is 0 Å². The Morgan fingerprint density at radius 1 is 1.26 bits per heavy atom. The predicted molar refractivity (Wildman–Crippen MR) is 89.9 cm³/mol. The SMILES string of the molecule is O=C(CSCC(=O)NC1=CC=CC1)NCCN1C(=O)CSC1=O. The molecule has 2 aliphatic rings.